The first-order valence-electron chi connectivity index (χ1n) is 7.68. The second kappa shape index (κ2) is 8.76. The molecule has 0 atom stereocenters. The smallest absolute Gasteiger partial charge is 0.305 e. The van der Waals surface area contributed by atoms with Crippen molar-refractivity contribution in [2.24, 2.45) is 0 Å². The van der Waals surface area contributed by atoms with E-state index in [-0.39, 0.29) is 30.7 Å². The first-order chi connectivity index (χ1) is 11.6. The summed E-state index contributed by atoms with van der Waals surface area (Å²) in [6.45, 7) is 0.686. The fourth-order valence-electron chi connectivity index (χ4n) is 2.15. The first kappa shape index (κ1) is 17.6. The summed E-state index contributed by atoms with van der Waals surface area (Å²) in [5.74, 6) is 0.456. The molecule has 0 bridgehead atoms. The van der Waals surface area contributed by atoms with Gasteiger partial charge in [-0.25, -0.2) is 0 Å². The highest BCUT2D eigenvalue weighted by Gasteiger charge is 2.20. The summed E-state index contributed by atoms with van der Waals surface area (Å²) >= 11 is 0. The number of carbonyl (C=O) groups excluding carboxylic acids is 2. The van der Waals surface area contributed by atoms with E-state index in [1.54, 1.807) is 13.1 Å². The SMILES string of the molecule is COC(=O)CCCN(C)C(=O)c1occc1COc1ccccc1. The van der Waals surface area contributed by atoms with Crippen LogP contribution in [-0.4, -0.2) is 37.5 Å². The van der Waals surface area contributed by atoms with Crippen molar-refractivity contribution < 1.29 is 23.5 Å². The van der Waals surface area contributed by atoms with Crippen LogP contribution in [-0.2, 0) is 16.1 Å². The second-order valence-corrected chi connectivity index (χ2v) is 5.28. The summed E-state index contributed by atoms with van der Waals surface area (Å²) in [5.41, 5.74) is 0.684. The Morgan fingerprint density at radius 1 is 1.17 bits per heavy atom. The van der Waals surface area contributed by atoms with E-state index in [0.717, 1.165) is 5.75 Å². The number of amides is 1. The van der Waals surface area contributed by atoms with Crippen molar-refractivity contribution in [3.8, 4) is 5.75 Å². The van der Waals surface area contributed by atoms with Crippen molar-refractivity contribution in [3.05, 3.63) is 54.0 Å². The minimum absolute atomic E-state index is 0.239. The highest BCUT2D eigenvalue weighted by molar-refractivity contribution is 5.92. The average Bonchev–Trinajstić information content (AvgIpc) is 3.08. The Balaban J connectivity index is 1.90. The molecule has 0 N–H and O–H groups in total. The van der Waals surface area contributed by atoms with Gasteiger partial charge in [0.05, 0.1) is 13.4 Å². The van der Waals surface area contributed by atoms with Crippen LogP contribution in [0.25, 0.3) is 0 Å². The summed E-state index contributed by atoms with van der Waals surface area (Å²) in [4.78, 5) is 25.1. The van der Waals surface area contributed by atoms with Crippen LogP contribution in [0.4, 0.5) is 0 Å². The second-order valence-electron chi connectivity index (χ2n) is 5.28. The first-order valence-corrected chi connectivity index (χ1v) is 7.68. The molecular formula is C18H21NO5. The van der Waals surface area contributed by atoms with Gasteiger partial charge in [0.15, 0.2) is 5.76 Å². The van der Waals surface area contributed by atoms with Crippen molar-refractivity contribution in [1.82, 2.24) is 4.90 Å². The van der Waals surface area contributed by atoms with Gasteiger partial charge in [0, 0.05) is 25.6 Å². The molecule has 0 unspecified atom stereocenters. The zero-order chi connectivity index (χ0) is 17.4. The van der Waals surface area contributed by atoms with E-state index in [1.165, 1.54) is 18.3 Å². The van der Waals surface area contributed by atoms with E-state index in [9.17, 15) is 9.59 Å². The van der Waals surface area contributed by atoms with E-state index in [0.29, 0.717) is 18.5 Å². The molecule has 1 amide bonds. The standard InChI is InChI=1S/C18H21NO5/c1-19(11-6-9-16(20)22-2)18(21)17-14(10-12-23-17)13-24-15-7-4-3-5-8-15/h3-5,7-8,10,12H,6,9,11,13H2,1-2H3. The van der Waals surface area contributed by atoms with E-state index in [4.69, 9.17) is 9.15 Å². The maximum absolute atomic E-state index is 12.4. The Morgan fingerprint density at radius 3 is 2.62 bits per heavy atom. The maximum Gasteiger partial charge on any atom is 0.305 e. The Hall–Kier alpha value is -2.76. The zero-order valence-electron chi connectivity index (χ0n) is 13.9. The molecule has 2 rings (SSSR count). The van der Waals surface area contributed by atoms with Crippen molar-refractivity contribution in [2.45, 2.75) is 19.4 Å². The molecule has 6 nitrogen and oxygen atoms in total. The fourth-order valence-corrected chi connectivity index (χ4v) is 2.15. The van der Waals surface area contributed by atoms with Crippen LogP contribution in [0.15, 0.2) is 47.1 Å². The van der Waals surface area contributed by atoms with Crippen molar-refractivity contribution in [3.63, 3.8) is 0 Å². The molecule has 6 heteroatoms. The lowest BCUT2D eigenvalue weighted by molar-refractivity contribution is -0.140. The normalized spacial score (nSPS) is 10.2. The zero-order valence-corrected chi connectivity index (χ0v) is 13.9. The third-order valence-corrected chi connectivity index (χ3v) is 3.53. The molecule has 0 spiro atoms. The van der Waals surface area contributed by atoms with Crippen molar-refractivity contribution >= 4 is 11.9 Å². The molecule has 0 aliphatic rings. The number of hydrogen-bond acceptors (Lipinski definition) is 5. The number of rotatable bonds is 8. The third kappa shape index (κ3) is 4.87. The van der Waals surface area contributed by atoms with Crippen LogP contribution in [0, 0.1) is 0 Å². The molecule has 1 aromatic heterocycles. The number of hydrogen-bond donors (Lipinski definition) is 0. The maximum atomic E-state index is 12.4. The molecular weight excluding hydrogens is 310 g/mol. The Bertz CT molecular complexity index is 665. The van der Waals surface area contributed by atoms with E-state index < -0.39 is 0 Å². The number of carbonyl (C=O) groups is 2. The van der Waals surface area contributed by atoms with Gasteiger partial charge >= 0.3 is 5.97 Å². The lowest BCUT2D eigenvalue weighted by Gasteiger charge is -2.16. The predicted octanol–water partition coefficient (Wildman–Crippen LogP) is 2.88. The van der Waals surface area contributed by atoms with Gasteiger partial charge in [-0.05, 0) is 24.6 Å². The molecule has 0 aliphatic heterocycles. The summed E-state index contributed by atoms with van der Waals surface area (Å²) in [6.07, 6.45) is 2.28. The molecule has 1 aromatic carbocycles. The minimum Gasteiger partial charge on any atom is -0.489 e. The Kier molecular flexibility index (Phi) is 6.42. The predicted molar refractivity (Wildman–Crippen MR) is 87.7 cm³/mol. The highest BCUT2D eigenvalue weighted by Crippen LogP contribution is 2.17. The van der Waals surface area contributed by atoms with Gasteiger partial charge in [0.2, 0.25) is 0 Å². The fraction of sp³-hybridized carbons (Fsp3) is 0.333. The van der Waals surface area contributed by atoms with Crippen molar-refractivity contribution in [1.29, 1.82) is 0 Å². The van der Waals surface area contributed by atoms with Gasteiger partial charge in [-0.15, -0.1) is 0 Å². The van der Waals surface area contributed by atoms with E-state index in [1.807, 2.05) is 30.3 Å². The lowest BCUT2D eigenvalue weighted by atomic mass is 10.2. The summed E-state index contributed by atoms with van der Waals surface area (Å²) in [5, 5.41) is 0. The van der Waals surface area contributed by atoms with Gasteiger partial charge in [0.25, 0.3) is 5.91 Å². The van der Waals surface area contributed by atoms with Gasteiger partial charge in [-0.3, -0.25) is 9.59 Å². The molecule has 24 heavy (non-hydrogen) atoms. The van der Waals surface area contributed by atoms with Crippen LogP contribution in [0.5, 0.6) is 5.75 Å². The van der Waals surface area contributed by atoms with Crippen LogP contribution < -0.4 is 4.74 Å². The van der Waals surface area contributed by atoms with Crippen LogP contribution in [0.1, 0.15) is 29.0 Å². The number of para-hydroxylation sites is 1. The van der Waals surface area contributed by atoms with E-state index >= 15 is 0 Å². The molecule has 0 radical (unpaired) electrons. The number of nitrogens with zero attached hydrogens (tertiary/aromatic N) is 1. The number of methoxy groups -OCH3 is 1. The number of esters is 1. The van der Waals surface area contributed by atoms with Gasteiger partial charge < -0.3 is 18.8 Å². The minimum atomic E-state index is -0.286. The van der Waals surface area contributed by atoms with Crippen LogP contribution >= 0.6 is 0 Å². The van der Waals surface area contributed by atoms with E-state index in [2.05, 4.69) is 4.74 Å². The molecule has 0 saturated carbocycles. The molecule has 0 aliphatic carbocycles. The molecule has 0 fully saturated rings. The van der Waals surface area contributed by atoms with Crippen LogP contribution in [0.3, 0.4) is 0 Å². The Morgan fingerprint density at radius 2 is 1.92 bits per heavy atom. The lowest BCUT2D eigenvalue weighted by Crippen LogP contribution is -2.28. The summed E-state index contributed by atoms with van der Waals surface area (Å²) in [6, 6.07) is 11.1. The topological polar surface area (TPSA) is 69.0 Å². The Labute approximate surface area is 141 Å². The van der Waals surface area contributed by atoms with Gasteiger partial charge in [-0.1, -0.05) is 18.2 Å². The van der Waals surface area contributed by atoms with Gasteiger partial charge in [-0.2, -0.15) is 0 Å². The largest absolute Gasteiger partial charge is 0.489 e. The average molecular weight is 331 g/mol. The van der Waals surface area contributed by atoms with Crippen LogP contribution in [0.2, 0.25) is 0 Å². The van der Waals surface area contributed by atoms with Crippen molar-refractivity contribution in [2.75, 3.05) is 20.7 Å². The summed E-state index contributed by atoms with van der Waals surface area (Å²) in [7, 11) is 3.02. The quantitative estimate of drug-likeness (QED) is 0.696. The monoisotopic (exact) mass is 331 g/mol. The molecule has 128 valence electrons. The molecule has 2 aromatic rings. The summed E-state index contributed by atoms with van der Waals surface area (Å²) < 4.78 is 15.6. The number of furan rings is 1. The molecule has 0 saturated heterocycles. The number of ether oxygens (including phenoxy) is 2. The number of benzene rings is 1. The highest BCUT2D eigenvalue weighted by atomic mass is 16.5. The molecule has 1 heterocycles. The third-order valence-electron chi connectivity index (χ3n) is 3.53. The van der Waals surface area contributed by atoms with Gasteiger partial charge in [0.1, 0.15) is 12.4 Å².